The Morgan fingerprint density at radius 2 is 1.97 bits per heavy atom. The SMILES string of the molecule is CN1CCN(C(=O)C2CNC(=O)C2)C(c2ncc(-c3ccc4ccccc4c3)[nH]2)C1. The summed E-state index contributed by atoms with van der Waals surface area (Å²) >= 11 is 0. The summed E-state index contributed by atoms with van der Waals surface area (Å²) in [5.74, 6) is 0.499. The van der Waals surface area contributed by atoms with E-state index < -0.39 is 0 Å². The molecule has 2 aliphatic heterocycles. The van der Waals surface area contributed by atoms with Crippen molar-refractivity contribution in [3.63, 3.8) is 0 Å². The van der Waals surface area contributed by atoms with Gasteiger partial charge in [0, 0.05) is 38.2 Å². The molecule has 0 spiro atoms. The van der Waals surface area contributed by atoms with Gasteiger partial charge >= 0.3 is 0 Å². The predicted molar refractivity (Wildman–Crippen MR) is 115 cm³/mol. The van der Waals surface area contributed by atoms with Crippen molar-refractivity contribution in [3.8, 4) is 11.3 Å². The molecule has 2 saturated heterocycles. The minimum Gasteiger partial charge on any atom is -0.355 e. The molecule has 2 aliphatic rings. The van der Waals surface area contributed by atoms with Gasteiger partial charge < -0.3 is 20.1 Å². The van der Waals surface area contributed by atoms with Gasteiger partial charge in [0.2, 0.25) is 11.8 Å². The molecular weight excluding hydrogens is 378 g/mol. The van der Waals surface area contributed by atoms with Gasteiger partial charge in [-0.1, -0.05) is 36.4 Å². The molecular formula is C23H25N5O2. The lowest BCUT2D eigenvalue weighted by atomic mass is 10.0. The number of aromatic nitrogens is 2. The third-order valence-corrected chi connectivity index (χ3v) is 6.16. The van der Waals surface area contributed by atoms with E-state index in [1.54, 1.807) is 0 Å². The molecule has 2 unspecified atom stereocenters. The largest absolute Gasteiger partial charge is 0.355 e. The smallest absolute Gasteiger partial charge is 0.228 e. The van der Waals surface area contributed by atoms with Crippen LogP contribution >= 0.6 is 0 Å². The van der Waals surface area contributed by atoms with Gasteiger partial charge in [-0.05, 0) is 23.9 Å². The molecule has 2 amide bonds. The van der Waals surface area contributed by atoms with E-state index in [0.717, 1.165) is 23.6 Å². The first kappa shape index (κ1) is 18.8. The van der Waals surface area contributed by atoms with Gasteiger partial charge in [0.05, 0.1) is 17.8 Å². The number of hydrogen-bond donors (Lipinski definition) is 2. The molecule has 2 fully saturated rings. The summed E-state index contributed by atoms with van der Waals surface area (Å²) in [6.45, 7) is 2.59. The summed E-state index contributed by atoms with van der Waals surface area (Å²) < 4.78 is 0. The lowest BCUT2D eigenvalue weighted by molar-refractivity contribution is -0.140. The summed E-state index contributed by atoms with van der Waals surface area (Å²) in [6, 6.07) is 14.5. The van der Waals surface area contributed by atoms with E-state index in [-0.39, 0.29) is 30.2 Å². The monoisotopic (exact) mass is 403 g/mol. The predicted octanol–water partition coefficient (Wildman–Crippen LogP) is 2.18. The molecule has 1 aromatic heterocycles. The van der Waals surface area contributed by atoms with Crippen molar-refractivity contribution < 1.29 is 9.59 Å². The minimum atomic E-state index is -0.279. The van der Waals surface area contributed by atoms with Crippen LogP contribution in [0.5, 0.6) is 0 Å². The number of imidazole rings is 1. The Hall–Kier alpha value is -3.19. The van der Waals surface area contributed by atoms with Crippen LogP contribution in [0.25, 0.3) is 22.0 Å². The third-order valence-electron chi connectivity index (χ3n) is 6.16. The lowest BCUT2D eigenvalue weighted by Crippen LogP contribution is -2.51. The number of fused-ring (bicyclic) bond motifs is 1. The Labute approximate surface area is 175 Å². The highest BCUT2D eigenvalue weighted by Gasteiger charge is 2.38. The molecule has 0 bridgehead atoms. The number of carbonyl (C=O) groups is 2. The molecule has 7 heteroatoms. The number of carbonyl (C=O) groups excluding carboxylic acids is 2. The zero-order chi connectivity index (χ0) is 20.7. The van der Waals surface area contributed by atoms with Crippen LogP contribution in [0, 0.1) is 5.92 Å². The highest BCUT2D eigenvalue weighted by Crippen LogP contribution is 2.29. The average molecular weight is 403 g/mol. The van der Waals surface area contributed by atoms with E-state index in [1.807, 2.05) is 23.2 Å². The molecule has 30 heavy (non-hydrogen) atoms. The van der Waals surface area contributed by atoms with Crippen LogP contribution in [-0.4, -0.2) is 64.8 Å². The highest BCUT2D eigenvalue weighted by molar-refractivity contribution is 5.89. The Morgan fingerprint density at radius 3 is 2.77 bits per heavy atom. The molecule has 3 aromatic rings. The summed E-state index contributed by atoms with van der Waals surface area (Å²) in [6.07, 6.45) is 2.12. The average Bonchev–Trinajstić information content (AvgIpc) is 3.42. The molecule has 154 valence electrons. The fourth-order valence-corrected chi connectivity index (χ4v) is 4.44. The molecule has 5 rings (SSSR count). The van der Waals surface area contributed by atoms with Crippen LogP contribution in [0.1, 0.15) is 18.3 Å². The number of benzene rings is 2. The minimum absolute atomic E-state index is 0.0371. The number of aromatic amines is 1. The van der Waals surface area contributed by atoms with Crippen LogP contribution in [0.2, 0.25) is 0 Å². The van der Waals surface area contributed by atoms with Crippen molar-refractivity contribution in [1.29, 1.82) is 0 Å². The molecule has 0 aliphatic carbocycles. The van der Waals surface area contributed by atoms with Gasteiger partial charge in [0.15, 0.2) is 0 Å². The Balaban J connectivity index is 1.43. The molecule has 2 N–H and O–H groups in total. The van der Waals surface area contributed by atoms with Crippen LogP contribution < -0.4 is 5.32 Å². The van der Waals surface area contributed by atoms with E-state index in [0.29, 0.717) is 19.6 Å². The zero-order valence-corrected chi connectivity index (χ0v) is 17.0. The summed E-state index contributed by atoms with van der Waals surface area (Å²) in [4.78, 5) is 36.9. The summed E-state index contributed by atoms with van der Waals surface area (Å²) in [5, 5.41) is 5.15. The topological polar surface area (TPSA) is 81.3 Å². The molecule has 2 atom stereocenters. The Kier molecular flexibility index (Phi) is 4.75. The summed E-state index contributed by atoms with van der Waals surface area (Å²) in [7, 11) is 2.06. The maximum absolute atomic E-state index is 13.1. The van der Waals surface area contributed by atoms with Crippen LogP contribution in [-0.2, 0) is 9.59 Å². The van der Waals surface area contributed by atoms with Gasteiger partial charge in [-0.25, -0.2) is 4.98 Å². The highest BCUT2D eigenvalue weighted by atomic mass is 16.2. The van der Waals surface area contributed by atoms with Crippen LogP contribution in [0.4, 0.5) is 0 Å². The van der Waals surface area contributed by atoms with E-state index in [1.165, 1.54) is 10.8 Å². The number of hydrogen-bond acceptors (Lipinski definition) is 4. The van der Waals surface area contributed by atoms with Crippen molar-refractivity contribution in [2.45, 2.75) is 12.5 Å². The molecule has 7 nitrogen and oxygen atoms in total. The van der Waals surface area contributed by atoms with E-state index >= 15 is 0 Å². The fourth-order valence-electron chi connectivity index (χ4n) is 4.44. The molecule has 3 heterocycles. The van der Waals surface area contributed by atoms with Crippen molar-refractivity contribution in [2.24, 2.45) is 5.92 Å². The number of amides is 2. The van der Waals surface area contributed by atoms with Gasteiger partial charge in [-0.3, -0.25) is 9.59 Å². The second kappa shape index (κ2) is 7.57. The molecule has 2 aromatic carbocycles. The quantitative estimate of drug-likeness (QED) is 0.702. The van der Waals surface area contributed by atoms with Gasteiger partial charge in [-0.15, -0.1) is 0 Å². The second-order valence-corrected chi connectivity index (χ2v) is 8.26. The third kappa shape index (κ3) is 3.45. The Bertz CT molecular complexity index is 1110. The first-order valence-corrected chi connectivity index (χ1v) is 10.4. The maximum atomic E-state index is 13.1. The zero-order valence-electron chi connectivity index (χ0n) is 17.0. The standard InChI is InChI=1S/C23H25N5O2/c1-27-8-9-28(23(30)18-11-21(29)24-12-18)20(14-27)22-25-13-19(26-22)17-7-6-15-4-2-3-5-16(15)10-17/h2-7,10,13,18,20H,8-9,11-12,14H2,1H3,(H,24,29)(H,25,26). The number of piperazine rings is 1. The number of H-pyrrole nitrogens is 1. The number of likely N-dealkylation sites (N-methyl/N-ethyl adjacent to an activating group) is 1. The van der Waals surface area contributed by atoms with Crippen LogP contribution in [0.15, 0.2) is 48.7 Å². The Morgan fingerprint density at radius 1 is 1.13 bits per heavy atom. The van der Waals surface area contributed by atoms with Crippen molar-refractivity contribution in [2.75, 3.05) is 33.2 Å². The maximum Gasteiger partial charge on any atom is 0.228 e. The van der Waals surface area contributed by atoms with Crippen molar-refractivity contribution >= 4 is 22.6 Å². The first-order valence-electron chi connectivity index (χ1n) is 10.4. The normalized spacial score (nSPS) is 22.4. The fraction of sp³-hybridized carbons (Fsp3) is 0.348. The van der Waals surface area contributed by atoms with Crippen LogP contribution in [0.3, 0.4) is 0 Å². The van der Waals surface area contributed by atoms with Crippen molar-refractivity contribution in [3.05, 3.63) is 54.5 Å². The van der Waals surface area contributed by atoms with E-state index in [2.05, 4.69) is 57.6 Å². The first-order chi connectivity index (χ1) is 14.6. The van der Waals surface area contributed by atoms with Gasteiger partial charge in [0.1, 0.15) is 11.9 Å². The van der Waals surface area contributed by atoms with E-state index in [4.69, 9.17) is 0 Å². The van der Waals surface area contributed by atoms with Crippen molar-refractivity contribution in [1.82, 2.24) is 25.1 Å². The molecule has 0 saturated carbocycles. The number of rotatable bonds is 3. The van der Waals surface area contributed by atoms with Gasteiger partial charge in [-0.2, -0.15) is 0 Å². The lowest BCUT2D eigenvalue weighted by Gasteiger charge is -2.40. The van der Waals surface area contributed by atoms with Gasteiger partial charge in [0.25, 0.3) is 0 Å². The number of nitrogens with one attached hydrogen (secondary N) is 2. The number of nitrogens with zero attached hydrogens (tertiary/aromatic N) is 3. The second-order valence-electron chi connectivity index (χ2n) is 8.26. The summed E-state index contributed by atoms with van der Waals surface area (Å²) in [5.41, 5.74) is 2.01. The van der Waals surface area contributed by atoms with E-state index in [9.17, 15) is 9.59 Å². The molecule has 0 radical (unpaired) electrons.